The maximum Gasteiger partial charge on any atom is 0.290 e. The number of hydrogen-bond acceptors (Lipinski definition) is 5. The lowest BCUT2D eigenvalue weighted by Gasteiger charge is -2.11. The molecule has 0 unspecified atom stereocenters. The Labute approximate surface area is 194 Å². The average Bonchev–Trinajstić information content (AvgIpc) is 3.34. The van der Waals surface area contributed by atoms with Crippen LogP contribution in [0.5, 0.6) is 0 Å². The maximum absolute atomic E-state index is 14.0. The number of hydrogen-bond donors (Lipinski definition) is 2. The number of para-hydroxylation sites is 1. The number of nitrogens with zero attached hydrogens (tertiary/aromatic N) is 4. The number of nitrogens with one attached hydrogen (secondary N) is 2. The molecule has 0 fully saturated rings. The summed E-state index contributed by atoms with van der Waals surface area (Å²) in [4.78, 5) is 38.1. The Bertz CT molecular complexity index is 1410. The van der Waals surface area contributed by atoms with E-state index in [2.05, 4.69) is 28.0 Å². The first-order valence-electron chi connectivity index (χ1n) is 10.9. The molecule has 174 valence electrons. The second-order valence-electron chi connectivity index (χ2n) is 7.63. The van der Waals surface area contributed by atoms with Gasteiger partial charge >= 0.3 is 0 Å². The molecule has 2 aromatic carbocycles. The van der Waals surface area contributed by atoms with Crippen molar-refractivity contribution in [2.75, 3.05) is 0 Å². The highest BCUT2D eigenvalue weighted by Gasteiger charge is 2.18. The van der Waals surface area contributed by atoms with Crippen molar-refractivity contribution in [2.45, 2.75) is 32.7 Å². The van der Waals surface area contributed by atoms with E-state index in [-0.39, 0.29) is 22.6 Å². The molecule has 0 atom stereocenters. The molecule has 0 saturated heterocycles. The van der Waals surface area contributed by atoms with Gasteiger partial charge in [-0.1, -0.05) is 50.1 Å². The summed E-state index contributed by atoms with van der Waals surface area (Å²) >= 11 is 0. The van der Waals surface area contributed by atoms with Crippen LogP contribution in [0.3, 0.4) is 0 Å². The van der Waals surface area contributed by atoms with Crippen molar-refractivity contribution in [3.05, 3.63) is 88.4 Å². The Kier molecular flexibility index (Phi) is 6.77. The molecule has 34 heavy (non-hydrogen) atoms. The normalized spacial score (nSPS) is 10.9. The smallest absolute Gasteiger partial charge is 0.267 e. The zero-order valence-electron chi connectivity index (χ0n) is 18.5. The van der Waals surface area contributed by atoms with E-state index in [0.29, 0.717) is 17.3 Å². The molecule has 2 aromatic heterocycles. The van der Waals surface area contributed by atoms with Crippen LogP contribution in [0, 0.1) is 5.82 Å². The number of aromatic nitrogens is 4. The molecule has 2 N–H and O–H groups in total. The van der Waals surface area contributed by atoms with E-state index in [1.807, 2.05) is 0 Å². The summed E-state index contributed by atoms with van der Waals surface area (Å²) in [6.07, 6.45) is 4.10. The molecule has 0 aliphatic heterocycles. The monoisotopic (exact) mass is 462 g/mol. The summed E-state index contributed by atoms with van der Waals surface area (Å²) in [6.45, 7) is 2.44. The third kappa shape index (κ3) is 4.70. The van der Waals surface area contributed by atoms with E-state index in [0.717, 1.165) is 19.3 Å². The largest absolute Gasteiger partial charge is 0.290 e. The van der Waals surface area contributed by atoms with E-state index in [1.165, 1.54) is 33.8 Å². The molecule has 9 nitrogen and oxygen atoms in total. The fourth-order valence-electron chi connectivity index (χ4n) is 3.52. The number of benzene rings is 2. The first-order valence-corrected chi connectivity index (χ1v) is 10.9. The molecule has 0 radical (unpaired) electrons. The lowest BCUT2D eigenvalue weighted by Crippen LogP contribution is -2.43. The molecule has 0 spiro atoms. The molecule has 0 bridgehead atoms. The van der Waals surface area contributed by atoms with Crippen LogP contribution in [0.25, 0.3) is 16.5 Å². The predicted molar refractivity (Wildman–Crippen MR) is 124 cm³/mol. The van der Waals surface area contributed by atoms with Gasteiger partial charge in [0.2, 0.25) is 0 Å². The number of hydrazine groups is 1. The lowest BCUT2D eigenvalue weighted by atomic mass is 10.1. The van der Waals surface area contributed by atoms with Gasteiger partial charge in [-0.05, 0) is 30.7 Å². The fraction of sp³-hybridized carbons (Fsp3) is 0.208. The predicted octanol–water partition coefficient (Wildman–Crippen LogP) is 2.99. The molecule has 10 heteroatoms. The minimum absolute atomic E-state index is 0.0175. The minimum atomic E-state index is -0.691. The molecule has 0 aliphatic carbocycles. The van der Waals surface area contributed by atoms with Gasteiger partial charge in [0.05, 0.1) is 5.39 Å². The van der Waals surface area contributed by atoms with Crippen LogP contribution in [0.2, 0.25) is 0 Å². The zero-order valence-corrected chi connectivity index (χ0v) is 18.5. The summed E-state index contributed by atoms with van der Waals surface area (Å²) in [5, 5.41) is 9.07. The summed E-state index contributed by atoms with van der Waals surface area (Å²) in [6, 6.07) is 14.1. The Morgan fingerprint density at radius 1 is 0.912 bits per heavy atom. The Hall–Kier alpha value is -4.34. The van der Waals surface area contributed by atoms with Crippen molar-refractivity contribution in [1.82, 2.24) is 30.4 Å². The topological polar surface area (TPSA) is 111 Å². The van der Waals surface area contributed by atoms with Crippen LogP contribution < -0.4 is 16.4 Å². The SMILES string of the molecule is CCCCCn1nc(C(=O)NNC(=O)c2ccn(-c3ccccc3F)n2)c2ccccc2c1=O. The average molecular weight is 462 g/mol. The van der Waals surface area contributed by atoms with Gasteiger partial charge in [-0.3, -0.25) is 25.2 Å². The van der Waals surface area contributed by atoms with Crippen molar-refractivity contribution >= 4 is 22.6 Å². The Morgan fingerprint density at radius 2 is 1.62 bits per heavy atom. The van der Waals surface area contributed by atoms with Crippen molar-refractivity contribution in [2.24, 2.45) is 0 Å². The van der Waals surface area contributed by atoms with Gasteiger partial charge < -0.3 is 0 Å². The van der Waals surface area contributed by atoms with E-state index < -0.39 is 17.6 Å². The molecular weight excluding hydrogens is 439 g/mol. The summed E-state index contributed by atoms with van der Waals surface area (Å²) < 4.78 is 16.5. The zero-order chi connectivity index (χ0) is 24.1. The number of unbranched alkanes of at least 4 members (excludes halogenated alkanes) is 2. The highest BCUT2D eigenvalue weighted by Crippen LogP contribution is 2.14. The van der Waals surface area contributed by atoms with Crippen LogP contribution in [0.15, 0.2) is 65.6 Å². The van der Waals surface area contributed by atoms with Gasteiger partial charge in [-0.25, -0.2) is 13.8 Å². The summed E-state index contributed by atoms with van der Waals surface area (Å²) in [5.41, 5.74) is 4.53. The summed E-state index contributed by atoms with van der Waals surface area (Å²) in [5.74, 6) is -1.86. The molecule has 0 saturated carbocycles. The number of carbonyl (C=O) groups excluding carboxylic acids is 2. The van der Waals surface area contributed by atoms with Gasteiger partial charge in [-0.2, -0.15) is 10.2 Å². The number of amides is 2. The van der Waals surface area contributed by atoms with Gasteiger partial charge in [0.15, 0.2) is 11.4 Å². The van der Waals surface area contributed by atoms with Crippen LogP contribution in [0.1, 0.15) is 47.2 Å². The standard InChI is InChI=1S/C24H23FN6O3/c1-2-3-8-14-31-24(34)17-10-5-4-9-16(17)21(29-31)23(33)27-26-22(32)19-13-15-30(28-19)20-12-7-6-11-18(20)25/h4-7,9-13,15H,2-3,8,14H2,1H3,(H,26,32)(H,27,33). The van der Waals surface area contributed by atoms with Crippen molar-refractivity contribution < 1.29 is 14.0 Å². The van der Waals surface area contributed by atoms with Crippen LogP contribution in [0.4, 0.5) is 4.39 Å². The van der Waals surface area contributed by atoms with Crippen molar-refractivity contribution in [3.63, 3.8) is 0 Å². The first-order chi connectivity index (χ1) is 16.5. The number of rotatable bonds is 7. The fourth-order valence-corrected chi connectivity index (χ4v) is 3.52. The second kappa shape index (κ2) is 10.1. The first kappa shape index (κ1) is 22.8. The van der Waals surface area contributed by atoms with E-state index in [1.54, 1.807) is 36.4 Å². The minimum Gasteiger partial charge on any atom is -0.267 e. The van der Waals surface area contributed by atoms with E-state index in [9.17, 15) is 18.8 Å². The highest BCUT2D eigenvalue weighted by molar-refractivity contribution is 6.05. The van der Waals surface area contributed by atoms with Crippen molar-refractivity contribution in [3.8, 4) is 5.69 Å². The Balaban J connectivity index is 1.52. The number of halogens is 1. The second-order valence-corrected chi connectivity index (χ2v) is 7.63. The van der Waals surface area contributed by atoms with Crippen molar-refractivity contribution in [1.29, 1.82) is 0 Å². The van der Waals surface area contributed by atoms with Crippen LogP contribution in [-0.4, -0.2) is 31.4 Å². The number of aryl methyl sites for hydroxylation is 1. The number of carbonyl (C=O) groups is 2. The van der Waals surface area contributed by atoms with Gasteiger partial charge in [0.25, 0.3) is 17.4 Å². The van der Waals surface area contributed by atoms with Gasteiger partial charge in [0, 0.05) is 18.1 Å². The van der Waals surface area contributed by atoms with E-state index in [4.69, 9.17) is 0 Å². The molecule has 2 amide bonds. The molecule has 4 rings (SSSR count). The Morgan fingerprint density at radius 3 is 2.38 bits per heavy atom. The van der Waals surface area contributed by atoms with Gasteiger partial charge in [-0.15, -0.1) is 0 Å². The molecule has 2 heterocycles. The van der Waals surface area contributed by atoms with Gasteiger partial charge in [0.1, 0.15) is 11.5 Å². The van der Waals surface area contributed by atoms with E-state index >= 15 is 0 Å². The van der Waals surface area contributed by atoms with Crippen LogP contribution >= 0.6 is 0 Å². The molecule has 0 aliphatic rings. The molecule has 4 aromatic rings. The lowest BCUT2D eigenvalue weighted by molar-refractivity contribution is 0.0840. The number of fused-ring (bicyclic) bond motifs is 1. The quantitative estimate of drug-likeness (QED) is 0.324. The third-order valence-electron chi connectivity index (χ3n) is 5.27. The maximum atomic E-state index is 14.0. The highest BCUT2D eigenvalue weighted by atomic mass is 19.1. The summed E-state index contributed by atoms with van der Waals surface area (Å²) in [7, 11) is 0. The van der Waals surface area contributed by atoms with Crippen LogP contribution in [-0.2, 0) is 6.54 Å². The molecular formula is C24H23FN6O3. The third-order valence-corrected chi connectivity index (χ3v) is 5.27.